The van der Waals surface area contributed by atoms with E-state index in [4.69, 9.17) is 4.74 Å². The molecule has 0 atom stereocenters. The second-order valence-electron chi connectivity index (χ2n) is 4.73. The Labute approximate surface area is 117 Å². The molecular weight excluding hydrogens is 261 g/mol. The van der Waals surface area contributed by atoms with Crippen LogP contribution < -0.4 is 10.1 Å². The number of hydrogen-bond donors (Lipinski definition) is 1. The second kappa shape index (κ2) is 6.36. The number of rotatable bonds is 4. The fraction of sp³-hybridized carbons (Fsp3) is 0.429. The van der Waals surface area contributed by atoms with Gasteiger partial charge in [-0.2, -0.15) is 0 Å². The molecule has 0 aliphatic carbocycles. The molecule has 1 aliphatic heterocycles. The molecule has 0 aromatic heterocycles. The van der Waals surface area contributed by atoms with Gasteiger partial charge in [0.15, 0.2) is 18.2 Å². The third kappa shape index (κ3) is 3.46. The van der Waals surface area contributed by atoms with E-state index in [-0.39, 0.29) is 18.3 Å². The molecule has 20 heavy (non-hydrogen) atoms. The molecule has 0 saturated heterocycles. The van der Waals surface area contributed by atoms with Crippen LogP contribution in [0.25, 0.3) is 0 Å². The molecule has 0 fully saturated rings. The fourth-order valence-corrected chi connectivity index (χ4v) is 1.76. The van der Waals surface area contributed by atoms with Crippen LogP contribution in [-0.2, 0) is 4.79 Å². The molecule has 0 radical (unpaired) electrons. The summed E-state index contributed by atoms with van der Waals surface area (Å²) in [7, 11) is 3.25. The highest BCUT2D eigenvalue weighted by molar-refractivity contribution is 5.99. The first-order valence-corrected chi connectivity index (χ1v) is 6.49. The Morgan fingerprint density at radius 1 is 1.50 bits per heavy atom. The van der Waals surface area contributed by atoms with Gasteiger partial charge in [-0.25, -0.2) is 4.39 Å². The summed E-state index contributed by atoms with van der Waals surface area (Å²) in [4.78, 5) is 17.1. The van der Waals surface area contributed by atoms with Crippen molar-refractivity contribution in [2.45, 2.75) is 6.42 Å². The molecule has 1 aliphatic rings. The number of nitrogens with one attached hydrogen (secondary N) is 1. The van der Waals surface area contributed by atoms with Crippen LogP contribution in [0.5, 0.6) is 5.75 Å². The number of amidine groups is 1. The predicted molar refractivity (Wildman–Crippen MR) is 74.6 cm³/mol. The number of hydrogen-bond acceptors (Lipinski definition) is 4. The van der Waals surface area contributed by atoms with E-state index in [9.17, 15) is 9.18 Å². The minimum Gasteiger partial charge on any atom is -0.481 e. The van der Waals surface area contributed by atoms with Crippen LogP contribution in [0.2, 0.25) is 0 Å². The number of likely N-dealkylation sites (N-methyl/N-ethyl adjacent to an activating group) is 1. The van der Waals surface area contributed by atoms with Crippen molar-refractivity contribution >= 4 is 11.7 Å². The number of carbonyl (C=O) groups is 1. The van der Waals surface area contributed by atoms with Gasteiger partial charge >= 0.3 is 0 Å². The van der Waals surface area contributed by atoms with Gasteiger partial charge in [-0.05, 0) is 24.6 Å². The summed E-state index contributed by atoms with van der Waals surface area (Å²) in [6, 6.07) is 4.62. The Morgan fingerprint density at radius 3 is 2.90 bits per heavy atom. The van der Waals surface area contributed by atoms with Gasteiger partial charge in [0.25, 0.3) is 5.91 Å². The van der Waals surface area contributed by atoms with Gasteiger partial charge in [0.05, 0.1) is 0 Å². The van der Waals surface area contributed by atoms with Gasteiger partial charge in [0, 0.05) is 32.7 Å². The maximum Gasteiger partial charge on any atom is 0.259 e. The minimum atomic E-state index is -0.496. The zero-order valence-electron chi connectivity index (χ0n) is 11.6. The predicted octanol–water partition coefficient (Wildman–Crippen LogP) is 1.03. The summed E-state index contributed by atoms with van der Waals surface area (Å²) in [5, 5.41) is 3.13. The SMILES string of the molecule is CN(C)C(=O)COc1ccc(C2=NCCCN2)cc1F. The smallest absolute Gasteiger partial charge is 0.259 e. The third-order valence-corrected chi connectivity index (χ3v) is 2.95. The summed E-state index contributed by atoms with van der Waals surface area (Å²) in [5.74, 6) is 0.0577. The van der Waals surface area contributed by atoms with Crippen molar-refractivity contribution < 1.29 is 13.9 Å². The second-order valence-corrected chi connectivity index (χ2v) is 4.73. The summed E-state index contributed by atoms with van der Waals surface area (Å²) >= 11 is 0. The van der Waals surface area contributed by atoms with Crippen molar-refractivity contribution in [2.24, 2.45) is 4.99 Å². The monoisotopic (exact) mass is 279 g/mol. The van der Waals surface area contributed by atoms with E-state index >= 15 is 0 Å². The number of carbonyl (C=O) groups excluding carboxylic acids is 1. The van der Waals surface area contributed by atoms with Crippen molar-refractivity contribution in [3.05, 3.63) is 29.6 Å². The lowest BCUT2D eigenvalue weighted by Crippen LogP contribution is -2.30. The summed E-state index contributed by atoms with van der Waals surface area (Å²) in [6.45, 7) is 1.41. The van der Waals surface area contributed by atoms with Crippen LogP contribution in [0.4, 0.5) is 4.39 Å². The van der Waals surface area contributed by atoms with E-state index in [1.54, 1.807) is 20.2 Å². The van der Waals surface area contributed by atoms with Crippen LogP contribution in [0, 0.1) is 5.82 Å². The Morgan fingerprint density at radius 2 is 2.30 bits per heavy atom. The molecule has 1 amide bonds. The molecule has 1 aromatic rings. The Hall–Kier alpha value is -2.11. The van der Waals surface area contributed by atoms with Gasteiger partial charge in [-0.3, -0.25) is 9.79 Å². The minimum absolute atomic E-state index is 0.0698. The average molecular weight is 279 g/mol. The highest BCUT2D eigenvalue weighted by Gasteiger charge is 2.12. The largest absolute Gasteiger partial charge is 0.481 e. The van der Waals surface area contributed by atoms with Crippen molar-refractivity contribution in [1.29, 1.82) is 0 Å². The van der Waals surface area contributed by atoms with Gasteiger partial charge < -0.3 is 15.0 Å². The number of ether oxygens (including phenoxy) is 1. The number of halogens is 1. The first-order valence-electron chi connectivity index (χ1n) is 6.49. The first kappa shape index (κ1) is 14.3. The summed E-state index contributed by atoms with van der Waals surface area (Å²) in [5.41, 5.74) is 0.688. The summed E-state index contributed by atoms with van der Waals surface area (Å²) < 4.78 is 19.1. The van der Waals surface area contributed by atoms with Crippen molar-refractivity contribution in [2.75, 3.05) is 33.8 Å². The van der Waals surface area contributed by atoms with Gasteiger partial charge in [-0.15, -0.1) is 0 Å². The topological polar surface area (TPSA) is 53.9 Å². The van der Waals surface area contributed by atoms with E-state index in [2.05, 4.69) is 10.3 Å². The Kier molecular flexibility index (Phi) is 4.55. The standard InChI is InChI=1S/C14H18FN3O2/c1-18(2)13(19)9-20-12-5-4-10(8-11(12)15)14-16-6-3-7-17-14/h4-5,8H,3,6-7,9H2,1-2H3,(H,16,17). The molecule has 0 bridgehead atoms. The van der Waals surface area contributed by atoms with Crippen LogP contribution in [0.1, 0.15) is 12.0 Å². The van der Waals surface area contributed by atoms with Crippen LogP contribution in [0.3, 0.4) is 0 Å². The molecule has 0 unspecified atom stereocenters. The lowest BCUT2D eigenvalue weighted by molar-refractivity contribution is -0.130. The first-order chi connectivity index (χ1) is 9.58. The van der Waals surface area contributed by atoms with E-state index in [0.29, 0.717) is 11.4 Å². The molecular formula is C14H18FN3O2. The third-order valence-electron chi connectivity index (χ3n) is 2.95. The maximum atomic E-state index is 13.9. The fourth-order valence-electron chi connectivity index (χ4n) is 1.76. The van der Waals surface area contributed by atoms with Crippen molar-refractivity contribution in [3.8, 4) is 5.75 Å². The van der Waals surface area contributed by atoms with Gasteiger partial charge in [0.1, 0.15) is 5.84 Å². The Bertz CT molecular complexity index is 529. The molecule has 5 nitrogen and oxygen atoms in total. The number of aliphatic imine (C=N–C) groups is 1. The molecule has 1 aromatic carbocycles. The quantitative estimate of drug-likeness (QED) is 0.895. The molecule has 2 rings (SSSR count). The van der Waals surface area contributed by atoms with Crippen molar-refractivity contribution in [3.63, 3.8) is 0 Å². The van der Waals surface area contributed by atoms with Gasteiger partial charge in [0.2, 0.25) is 0 Å². The number of nitrogens with zero attached hydrogens (tertiary/aromatic N) is 2. The molecule has 1 N–H and O–H groups in total. The normalized spacial score (nSPS) is 14.2. The molecule has 108 valence electrons. The molecule has 1 heterocycles. The zero-order chi connectivity index (χ0) is 14.5. The molecule has 0 spiro atoms. The molecule has 6 heteroatoms. The van der Waals surface area contributed by atoms with Gasteiger partial charge in [-0.1, -0.05) is 0 Å². The highest BCUT2D eigenvalue weighted by atomic mass is 19.1. The highest BCUT2D eigenvalue weighted by Crippen LogP contribution is 2.19. The molecule has 0 saturated carbocycles. The summed E-state index contributed by atoms with van der Waals surface area (Å²) in [6.07, 6.45) is 0.986. The lowest BCUT2D eigenvalue weighted by Gasteiger charge is -2.16. The van der Waals surface area contributed by atoms with E-state index in [1.807, 2.05) is 0 Å². The van der Waals surface area contributed by atoms with Crippen molar-refractivity contribution in [1.82, 2.24) is 10.2 Å². The Balaban J connectivity index is 2.06. The van der Waals surface area contributed by atoms with Crippen LogP contribution in [0.15, 0.2) is 23.2 Å². The van der Waals surface area contributed by atoms with E-state index < -0.39 is 5.82 Å². The lowest BCUT2D eigenvalue weighted by atomic mass is 10.1. The van der Waals surface area contributed by atoms with Crippen LogP contribution >= 0.6 is 0 Å². The maximum absolute atomic E-state index is 13.9. The average Bonchev–Trinajstić information content (AvgIpc) is 2.46. The van der Waals surface area contributed by atoms with E-state index in [1.165, 1.54) is 17.0 Å². The van der Waals surface area contributed by atoms with E-state index in [0.717, 1.165) is 19.5 Å². The van der Waals surface area contributed by atoms with Crippen LogP contribution in [-0.4, -0.2) is 50.4 Å². The number of benzene rings is 1. The number of amides is 1. The zero-order valence-corrected chi connectivity index (χ0v) is 11.6.